The maximum absolute atomic E-state index is 3.91. The lowest BCUT2D eigenvalue weighted by Gasteiger charge is -2.46. The molecule has 2 saturated carbocycles. The van der Waals surface area contributed by atoms with Gasteiger partial charge in [-0.3, -0.25) is 0 Å². The van der Waals surface area contributed by atoms with E-state index >= 15 is 0 Å². The summed E-state index contributed by atoms with van der Waals surface area (Å²) >= 11 is 0. The lowest BCUT2D eigenvalue weighted by molar-refractivity contribution is 0.0375. The minimum absolute atomic E-state index is 0.653. The monoisotopic (exact) mass is 220 g/mol. The minimum Gasteiger partial charge on any atom is -0.103 e. The van der Waals surface area contributed by atoms with Crippen LogP contribution in [0.1, 0.15) is 59.3 Å². The first kappa shape index (κ1) is 12.2. The van der Waals surface area contributed by atoms with Crippen LogP contribution in [0.3, 0.4) is 0 Å². The molecule has 0 radical (unpaired) electrons. The van der Waals surface area contributed by atoms with Crippen LogP contribution in [-0.2, 0) is 0 Å². The molecular formula is C16H28. The van der Waals surface area contributed by atoms with Gasteiger partial charge in [-0.05, 0) is 54.8 Å². The van der Waals surface area contributed by atoms with Gasteiger partial charge in [0.05, 0.1) is 0 Å². The highest BCUT2D eigenvalue weighted by Gasteiger charge is 2.50. The Morgan fingerprint density at radius 3 is 2.81 bits per heavy atom. The summed E-state index contributed by atoms with van der Waals surface area (Å²) < 4.78 is 0. The zero-order valence-electron chi connectivity index (χ0n) is 11.3. The summed E-state index contributed by atoms with van der Waals surface area (Å²) in [5.41, 5.74) is 0.653. The highest BCUT2D eigenvalue weighted by atomic mass is 14.6. The first-order valence-electron chi connectivity index (χ1n) is 7.20. The standard InChI is InChI=1S/C16H28/c1-5-7-12(2)14-9-10-15-13(3)8-6-11-16(14,15)4/h5,12-15H,1,6-11H2,2-4H3/t12-,13?,14?,15?,16+/m0/s1. The second kappa shape index (κ2) is 4.55. The quantitative estimate of drug-likeness (QED) is 0.584. The fraction of sp³-hybridized carbons (Fsp3) is 0.875. The fourth-order valence-electron chi connectivity index (χ4n) is 4.97. The number of rotatable bonds is 3. The van der Waals surface area contributed by atoms with Crippen molar-refractivity contribution in [1.82, 2.24) is 0 Å². The van der Waals surface area contributed by atoms with E-state index in [0.717, 1.165) is 23.7 Å². The summed E-state index contributed by atoms with van der Waals surface area (Å²) in [6.07, 6.45) is 10.7. The van der Waals surface area contributed by atoms with E-state index in [-0.39, 0.29) is 0 Å². The van der Waals surface area contributed by atoms with Crippen molar-refractivity contribution in [3.05, 3.63) is 12.7 Å². The Morgan fingerprint density at radius 1 is 1.38 bits per heavy atom. The van der Waals surface area contributed by atoms with E-state index in [1.807, 2.05) is 0 Å². The van der Waals surface area contributed by atoms with Crippen LogP contribution < -0.4 is 0 Å². The van der Waals surface area contributed by atoms with Gasteiger partial charge in [-0.25, -0.2) is 0 Å². The summed E-state index contributed by atoms with van der Waals surface area (Å²) in [6, 6.07) is 0. The molecule has 2 rings (SSSR count). The molecular weight excluding hydrogens is 192 g/mol. The van der Waals surface area contributed by atoms with Crippen LogP contribution in [0, 0.1) is 29.1 Å². The zero-order chi connectivity index (χ0) is 11.8. The Hall–Kier alpha value is -0.260. The molecule has 16 heavy (non-hydrogen) atoms. The maximum Gasteiger partial charge on any atom is -0.0264 e. The second-order valence-corrected chi connectivity index (χ2v) is 6.67. The van der Waals surface area contributed by atoms with E-state index in [2.05, 4.69) is 33.4 Å². The van der Waals surface area contributed by atoms with E-state index in [0.29, 0.717) is 5.41 Å². The second-order valence-electron chi connectivity index (χ2n) is 6.67. The molecule has 0 N–H and O–H groups in total. The van der Waals surface area contributed by atoms with Crippen LogP contribution in [0.25, 0.3) is 0 Å². The summed E-state index contributed by atoms with van der Waals surface area (Å²) in [5.74, 6) is 3.79. The van der Waals surface area contributed by atoms with Crippen molar-refractivity contribution in [3.63, 3.8) is 0 Å². The number of hydrogen-bond acceptors (Lipinski definition) is 0. The third-order valence-corrected chi connectivity index (χ3v) is 5.77. The lowest BCUT2D eigenvalue weighted by Crippen LogP contribution is -2.38. The van der Waals surface area contributed by atoms with Crippen LogP contribution in [0.4, 0.5) is 0 Å². The van der Waals surface area contributed by atoms with Gasteiger partial charge in [0, 0.05) is 0 Å². The summed E-state index contributed by atoms with van der Waals surface area (Å²) in [5, 5.41) is 0. The molecule has 5 atom stereocenters. The first-order chi connectivity index (χ1) is 7.59. The van der Waals surface area contributed by atoms with Gasteiger partial charge in [0.2, 0.25) is 0 Å². The van der Waals surface area contributed by atoms with Crippen LogP contribution in [0.2, 0.25) is 0 Å². The number of allylic oxidation sites excluding steroid dienone is 1. The van der Waals surface area contributed by atoms with Gasteiger partial charge in [0.15, 0.2) is 0 Å². The van der Waals surface area contributed by atoms with Crippen molar-refractivity contribution in [3.8, 4) is 0 Å². The third-order valence-electron chi connectivity index (χ3n) is 5.77. The molecule has 0 nitrogen and oxygen atoms in total. The van der Waals surface area contributed by atoms with E-state index in [1.54, 1.807) is 0 Å². The molecule has 0 aliphatic heterocycles. The fourth-order valence-corrected chi connectivity index (χ4v) is 4.97. The zero-order valence-corrected chi connectivity index (χ0v) is 11.3. The third kappa shape index (κ3) is 1.85. The first-order valence-corrected chi connectivity index (χ1v) is 7.20. The van der Waals surface area contributed by atoms with Crippen molar-refractivity contribution < 1.29 is 0 Å². The molecule has 2 fully saturated rings. The number of hydrogen-bond donors (Lipinski definition) is 0. The van der Waals surface area contributed by atoms with E-state index in [1.165, 1.54) is 38.5 Å². The van der Waals surface area contributed by atoms with Gasteiger partial charge in [-0.2, -0.15) is 0 Å². The van der Waals surface area contributed by atoms with Crippen LogP contribution >= 0.6 is 0 Å². The van der Waals surface area contributed by atoms with Gasteiger partial charge in [0.1, 0.15) is 0 Å². The molecule has 0 aromatic rings. The summed E-state index contributed by atoms with van der Waals surface area (Å²) in [6.45, 7) is 11.4. The topological polar surface area (TPSA) is 0 Å². The van der Waals surface area contributed by atoms with E-state index < -0.39 is 0 Å². The van der Waals surface area contributed by atoms with E-state index in [4.69, 9.17) is 0 Å². The van der Waals surface area contributed by atoms with Crippen LogP contribution in [-0.4, -0.2) is 0 Å². The highest BCUT2D eigenvalue weighted by Crippen LogP contribution is 2.59. The summed E-state index contributed by atoms with van der Waals surface area (Å²) in [4.78, 5) is 0. The van der Waals surface area contributed by atoms with Crippen molar-refractivity contribution >= 4 is 0 Å². The molecule has 0 aromatic carbocycles. The minimum atomic E-state index is 0.653. The average molecular weight is 220 g/mol. The Balaban J connectivity index is 2.14. The molecule has 0 saturated heterocycles. The van der Waals surface area contributed by atoms with Gasteiger partial charge in [-0.15, -0.1) is 6.58 Å². The molecule has 0 heterocycles. The number of fused-ring (bicyclic) bond motifs is 1. The molecule has 0 heteroatoms. The molecule has 3 unspecified atom stereocenters. The van der Waals surface area contributed by atoms with E-state index in [9.17, 15) is 0 Å². The Morgan fingerprint density at radius 2 is 2.12 bits per heavy atom. The van der Waals surface area contributed by atoms with Crippen molar-refractivity contribution in [2.45, 2.75) is 59.3 Å². The Kier molecular flexibility index (Phi) is 3.47. The highest BCUT2D eigenvalue weighted by molar-refractivity contribution is 5.01. The van der Waals surface area contributed by atoms with Crippen molar-refractivity contribution in [2.75, 3.05) is 0 Å². The Labute approximate surface area is 102 Å². The average Bonchev–Trinajstić information content (AvgIpc) is 2.57. The molecule has 2 aliphatic carbocycles. The molecule has 0 aromatic heterocycles. The lowest BCUT2D eigenvalue weighted by atomic mass is 9.59. The molecule has 0 spiro atoms. The largest absolute Gasteiger partial charge is 0.103 e. The van der Waals surface area contributed by atoms with Crippen molar-refractivity contribution in [1.29, 1.82) is 0 Å². The van der Waals surface area contributed by atoms with Gasteiger partial charge in [0.25, 0.3) is 0 Å². The predicted molar refractivity (Wildman–Crippen MR) is 71.3 cm³/mol. The normalized spacial score (nSPS) is 45.1. The molecule has 0 amide bonds. The van der Waals surface area contributed by atoms with Gasteiger partial charge in [-0.1, -0.05) is 39.7 Å². The molecule has 0 bridgehead atoms. The van der Waals surface area contributed by atoms with Gasteiger partial charge >= 0.3 is 0 Å². The predicted octanol–water partition coefficient (Wildman–Crippen LogP) is 5.05. The van der Waals surface area contributed by atoms with Gasteiger partial charge < -0.3 is 0 Å². The SMILES string of the molecule is C=CC[C@H](C)C1CCC2C(C)CCC[C@@]21C. The van der Waals surface area contributed by atoms with Crippen molar-refractivity contribution in [2.24, 2.45) is 29.1 Å². The molecule has 92 valence electrons. The maximum atomic E-state index is 3.91. The van der Waals surface area contributed by atoms with Crippen LogP contribution in [0.5, 0.6) is 0 Å². The summed E-state index contributed by atoms with van der Waals surface area (Å²) in [7, 11) is 0. The Bertz CT molecular complexity index is 255. The van der Waals surface area contributed by atoms with Crippen LogP contribution in [0.15, 0.2) is 12.7 Å². The molecule has 2 aliphatic rings. The smallest absolute Gasteiger partial charge is 0.0264 e.